The van der Waals surface area contributed by atoms with Crippen molar-refractivity contribution in [3.8, 4) is 17.1 Å². The summed E-state index contributed by atoms with van der Waals surface area (Å²) in [5.41, 5.74) is 11.5. The fourth-order valence-corrected chi connectivity index (χ4v) is 4.91. The van der Waals surface area contributed by atoms with Gasteiger partial charge in [0.15, 0.2) is 5.76 Å². The topological polar surface area (TPSA) is 73.7 Å². The van der Waals surface area contributed by atoms with Gasteiger partial charge in [-0.2, -0.15) is 5.10 Å². The predicted molar refractivity (Wildman–Crippen MR) is 158 cm³/mol. The molecule has 0 aliphatic rings. The Labute approximate surface area is 234 Å². The van der Waals surface area contributed by atoms with Crippen LogP contribution in [0.4, 0.5) is 0 Å². The molecule has 0 spiro atoms. The zero-order chi connectivity index (χ0) is 28.2. The Bertz CT molecular complexity index is 1630. The second-order valence-corrected chi connectivity index (χ2v) is 9.88. The highest BCUT2D eigenvalue weighted by atomic mass is 16.5. The van der Waals surface area contributed by atoms with Gasteiger partial charge in [0, 0.05) is 39.7 Å². The molecule has 3 heterocycles. The summed E-state index contributed by atoms with van der Waals surface area (Å²) < 4.78 is 15.9. The number of carbonyl (C=O) groups excluding carboxylic acids is 1. The van der Waals surface area contributed by atoms with E-state index >= 15 is 0 Å². The summed E-state index contributed by atoms with van der Waals surface area (Å²) in [4.78, 5) is 12.6. The molecule has 1 N–H and O–H groups in total. The van der Waals surface area contributed by atoms with Crippen LogP contribution in [-0.4, -0.2) is 21.3 Å². The first kappa shape index (κ1) is 26.8. The highest BCUT2D eigenvalue weighted by Crippen LogP contribution is 2.22. The van der Waals surface area contributed by atoms with Crippen LogP contribution in [0.5, 0.6) is 5.75 Å². The molecular weight excluding hydrogens is 500 g/mol. The third kappa shape index (κ3) is 5.64. The molecule has 0 radical (unpaired) electrons. The molecule has 0 saturated heterocycles. The standard InChI is InChI=1S/C33H34N4O3/c1-6-26-9-11-29(12-10-26)37-24(4)19-27(25(37)5)20-34-35-33(38)32-18-17-31(40-32)21-39-30-15-13-28(14-16-30)36-22(2)7-8-23(36)3/h7-20H,6,21H2,1-5H3,(H,35,38)/b34-20+. The molecule has 204 valence electrons. The van der Waals surface area contributed by atoms with Crippen LogP contribution < -0.4 is 10.2 Å². The van der Waals surface area contributed by atoms with Crippen molar-refractivity contribution in [2.24, 2.45) is 5.10 Å². The molecule has 0 saturated carbocycles. The smallest absolute Gasteiger partial charge is 0.307 e. The molecule has 0 aliphatic carbocycles. The summed E-state index contributed by atoms with van der Waals surface area (Å²) in [6, 6.07) is 26.0. The molecule has 5 aromatic rings. The van der Waals surface area contributed by atoms with Crippen LogP contribution in [0, 0.1) is 27.7 Å². The number of hydrogen-bond donors (Lipinski definition) is 1. The number of aryl methyl sites for hydroxylation is 4. The zero-order valence-electron chi connectivity index (χ0n) is 23.6. The number of nitrogens with one attached hydrogen (secondary N) is 1. The number of carbonyl (C=O) groups is 1. The molecule has 2 aromatic carbocycles. The van der Waals surface area contributed by atoms with Gasteiger partial charge in [0.1, 0.15) is 18.1 Å². The van der Waals surface area contributed by atoms with Crippen molar-refractivity contribution in [1.29, 1.82) is 0 Å². The van der Waals surface area contributed by atoms with Crippen molar-refractivity contribution in [1.82, 2.24) is 14.6 Å². The van der Waals surface area contributed by atoms with Crippen LogP contribution in [0.2, 0.25) is 0 Å². The Morgan fingerprint density at radius 1 is 0.850 bits per heavy atom. The molecule has 7 nitrogen and oxygen atoms in total. The molecule has 0 fully saturated rings. The first-order chi connectivity index (χ1) is 19.3. The Morgan fingerprint density at radius 3 is 2.17 bits per heavy atom. The van der Waals surface area contributed by atoms with Crippen LogP contribution in [-0.2, 0) is 13.0 Å². The Kier molecular flexibility index (Phi) is 7.73. The maximum absolute atomic E-state index is 12.6. The lowest BCUT2D eigenvalue weighted by Crippen LogP contribution is -2.16. The number of rotatable bonds is 9. The monoisotopic (exact) mass is 534 g/mol. The number of amides is 1. The lowest BCUT2D eigenvalue weighted by atomic mass is 10.1. The minimum absolute atomic E-state index is 0.172. The fourth-order valence-electron chi connectivity index (χ4n) is 4.91. The molecule has 5 rings (SSSR count). The summed E-state index contributed by atoms with van der Waals surface area (Å²) >= 11 is 0. The number of benzene rings is 2. The summed E-state index contributed by atoms with van der Waals surface area (Å²) in [5, 5.41) is 4.17. The first-order valence-corrected chi connectivity index (χ1v) is 13.4. The molecular formula is C33H34N4O3. The van der Waals surface area contributed by atoms with Crippen molar-refractivity contribution in [3.63, 3.8) is 0 Å². The van der Waals surface area contributed by atoms with Crippen LogP contribution in [0.1, 0.15) is 57.1 Å². The zero-order valence-corrected chi connectivity index (χ0v) is 23.6. The Hall–Kier alpha value is -4.78. The largest absolute Gasteiger partial charge is 0.486 e. The van der Waals surface area contributed by atoms with Crippen molar-refractivity contribution >= 4 is 12.1 Å². The molecule has 7 heteroatoms. The lowest BCUT2D eigenvalue weighted by molar-refractivity contribution is 0.0923. The van der Waals surface area contributed by atoms with Crippen molar-refractivity contribution in [3.05, 3.63) is 124 Å². The van der Waals surface area contributed by atoms with Crippen LogP contribution in [0.25, 0.3) is 11.4 Å². The Balaban J connectivity index is 1.17. The second kappa shape index (κ2) is 11.5. The number of hydrazone groups is 1. The van der Waals surface area contributed by atoms with E-state index in [0.717, 1.165) is 40.5 Å². The van der Waals surface area contributed by atoms with Gasteiger partial charge in [-0.05, 0) is 106 Å². The molecule has 3 aromatic heterocycles. The van der Waals surface area contributed by atoms with E-state index in [-0.39, 0.29) is 12.4 Å². The SMILES string of the molecule is CCc1ccc(-n2c(C)cc(/C=N/NC(=O)c3ccc(COc4ccc(-n5c(C)ccc5C)cc4)o3)c2C)cc1. The average molecular weight is 535 g/mol. The van der Waals surface area contributed by atoms with Gasteiger partial charge < -0.3 is 18.3 Å². The van der Waals surface area contributed by atoms with E-state index in [4.69, 9.17) is 9.15 Å². The van der Waals surface area contributed by atoms with Crippen molar-refractivity contribution < 1.29 is 13.9 Å². The van der Waals surface area contributed by atoms with E-state index in [1.54, 1.807) is 18.3 Å². The summed E-state index contributed by atoms with van der Waals surface area (Å²) in [6.45, 7) is 10.6. The van der Waals surface area contributed by atoms with Gasteiger partial charge >= 0.3 is 5.91 Å². The van der Waals surface area contributed by atoms with E-state index in [1.807, 2.05) is 31.2 Å². The van der Waals surface area contributed by atoms with Gasteiger partial charge in [-0.25, -0.2) is 5.43 Å². The van der Waals surface area contributed by atoms with Gasteiger partial charge in [-0.1, -0.05) is 19.1 Å². The van der Waals surface area contributed by atoms with Crippen molar-refractivity contribution in [2.75, 3.05) is 0 Å². The second-order valence-electron chi connectivity index (χ2n) is 9.88. The van der Waals surface area contributed by atoms with E-state index in [2.05, 4.69) is 89.8 Å². The molecule has 0 bridgehead atoms. The summed E-state index contributed by atoms with van der Waals surface area (Å²) in [6.07, 6.45) is 2.67. The number of aromatic nitrogens is 2. The predicted octanol–water partition coefficient (Wildman–Crippen LogP) is 7.00. The quantitative estimate of drug-likeness (QED) is 0.163. The molecule has 0 unspecified atom stereocenters. The maximum Gasteiger partial charge on any atom is 0.307 e. The van der Waals surface area contributed by atoms with Gasteiger partial charge in [-0.15, -0.1) is 0 Å². The minimum atomic E-state index is -0.423. The molecule has 0 aliphatic heterocycles. The average Bonchev–Trinajstić information content (AvgIpc) is 3.65. The molecule has 1 amide bonds. The molecule has 0 atom stereocenters. The van der Waals surface area contributed by atoms with E-state index in [0.29, 0.717) is 5.76 Å². The highest BCUT2D eigenvalue weighted by molar-refractivity contribution is 5.92. The van der Waals surface area contributed by atoms with E-state index < -0.39 is 5.91 Å². The van der Waals surface area contributed by atoms with Gasteiger partial charge in [0.05, 0.1) is 6.21 Å². The van der Waals surface area contributed by atoms with Crippen LogP contribution in [0.3, 0.4) is 0 Å². The molecule has 40 heavy (non-hydrogen) atoms. The van der Waals surface area contributed by atoms with E-state index in [9.17, 15) is 4.79 Å². The Morgan fingerprint density at radius 2 is 1.50 bits per heavy atom. The maximum atomic E-state index is 12.6. The van der Waals surface area contributed by atoms with Gasteiger partial charge in [-0.3, -0.25) is 4.79 Å². The highest BCUT2D eigenvalue weighted by Gasteiger charge is 2.13. The van der Waals surface area contributed by atoms with Gasteiger partial charge in [0.2, 0.25) is 0 Å². The summed E-state index contributed by atoms with van der Waals surface area (Å²) in [5.74, 6) is 1.02. The third-order valence-electron chi connectivity index (χ3n) is 7.08. The lowest BCUT2D eigenvalue weighted by Gasteiger charge is -2.10. The number of furan rings is 1. The number of nitrogens with zero attached hydrogens (tertiary/aromatic N) is 3. The van der Waals surface area contributed by atoms with Crippen LogP contribution >= 0.6 is 0 Å². The van der Waals surface area contributed by atoms with Crippen molar-refractivity contribution in [2.45, 2.75) is 47.6 Å². The first-order valence-electron chi connectivity index (χ1n) is 13.4. The number of hydrogen-bond acceptors (Lipinski definition) is 4. The van der Waals surface area contributed by atoms with E-state index in [1.165, 1.54) is 17.0 Å². The minimum Gasteiger partial charge on any atom is -0.486 e. The normalized spacial score (nSPS) is 11.3. The van der Waals surface area contributed by atoms with Gasteiger partial charge in [0.25, 0.3) is 0 Å². The third-order valence-corrected chi connectivity index (χ3v) is 7.08. The number of ether oxygens (including phenoxy) is 1. The summed E-state index contributed by atoms with van der Waals surface area (Å²) in [7, 11) is 0. The van der Waals surface area contributed by atoms with Crippen LogP contribution in [0.15, 0.2) is 88.4 Å². The fraction of sp³-hybridized carbons (Fsp3) is 0.212.